The molecule has 0 rings (SSSR count). The van der Waals surface area contributed by atoms with Crippen molar-refractivity contribution >= 4 is 33.7 Å². The minimum absolute atomic E-state index is 0.0553. The molecule has 0 radical (unpaired) electrons. The zero-order valence-electron chi connectivity index (χ0n) is 21.3. The molecule has 0 aromatic heterocycles. The first-order valence-electron chi connectivity index (χ1n) is 11.2. The predicted octanol–water partition coefficient (Wildman–Crippen LogP) is 7.09. The van der Waals surface area contributed by atoms with Crippen LogP contribution in [0.1, 0.15) is 47.0 Å². The summed E-state index contributed by atoms with van der Waals surface area (Å²) in [6, 6.07) is 0. The van der Waals surface area contributed by atoms with Crippen molar-refractivity contribution in [2.75, 3.05) is 0 Å². The zero-order chi connectivity index (χ0) is 22.6. The fraction of sp³-hybridized carbons (Fsp3) is 0.905. The second kappa shape index (κ2) is 10.6. The highest BCUT2D eigenvalue weighted by Gasteiger charge is 2.51. The van der Waals surface area contributed by atoms with Gasteiger partial charge in [-0.25, -0.2) is 0 Å². The molecule has 0 N–H and O–H groups in total. The topological polar surface area (TPSA) is 27.7 Å². The average molecular weight is 463 g/mol. The lowest BCUT2D eigenvalue weighted by Gasteiger charge is -2.48. The number of hydrogen-bond donors (Lipinski definition) is 0. The second-order valence-corrected chi connectivity index (χ2v) is 27.5. The van der Waals surface area contributed by atoms with Crippen molar-refractivity contribution in [3.63, 3.8) is 0 Å². The highest BCUT2D eigenvalue weighted by atomic mass is 28.4. The average Bonchev–Trinajstić information content (AvgIpc) is 2.51. The summed E-state index contributed by atoms with van der Waals surface area (Å²) in [6.45, 7) is 34.5. The van der Waals surface area contributed by atoms with Gasteiger partial charge in [0, 0.05) is 10.8 Å². The number of allylic oxidation sites excluding steroid dienone is 1. The van der Waals surface area contributed by atoms with E-state index in [1.807, 2.05) is 0 Å². The van der Waals surface area contributed by atoms with E-state index in [-0.39, 0.29) is 10.8 Å². The van der Waals surface area contributed by atoms with Crippen LogP contribution < -0.4 is 0 Å². The van der Waals surface area contributed by atoms with Gasteiger partial charge in [0.2, 0.25) is 0 Å². The van der Waals surface area contributed by atoms with E-state index in [1.54, 1.807) is 0 Å². The van der Waals surface area contributed by atoms with Crippen LogP contribution in [-0.2, 0) is 13.3 Å². The molecule has 3 unspecified atom stereocenters. The van der Waals surface area contributed by atoms with E-state index in [2.05, 4.69) is 93.2 Å². The van der Waals surface area contributed by atoms with Gasteiger partial charge in [-0.1, -0.05) is 47.0 Å². The van der Waals surface area contributed by atoms with Crippen LogP contribution in [0, 0.1) is 0 Å². The van der Waals surface area contributed by atoms with Crippen molar-refractivity contribution in [3.05, 3.63) is 12.3 Å². The van der Waals surface area contributed by atoms with Crippen LogP contribution in [0.3, 0.4) is 0 Å². The van der Waals surface area contributed by atoms with Gasteiger partial charge in [-0.2, -0.15) is 0 Å². The van der Waals surface area contributed by atoms with Crippen molar-refractivity contribution in [1.82, 2.24) is 0 Å². The lowest BCUT2D eigenvalue weighted by molar-refractivity contribution is 0.211. The van der Waals surface area contributed by atoms with E-state index in [0.29, 0.717) is 5.73 Å². The minimum atomic E-state index is -2.09. The maximum Gasteiger partial charge on any atom is 0.258 e. The third kappa shape index (κ3) is 7.54. The molecule has 0 aliphatic carbocycles. The van der Waals surface area contributed by atoms with Crippen LogP contribution in [0.25, 0.3) is 0 Å². The highest BCUT2D eigenvalue weighted by Crippen LogP contribution is 2.52. The van der Waals surface area contributed by atoms with Crippen molar-refractivity contribution in [1.29, 1.82) is 0 Å². The monoisotopic (exact) mass is 462 g/mol. The Morgan fingerprint density at radius 3 is 1.71 bits per heavy atom. The summed E-state index contributed by atoms with van der Waals surface area (Å²) in [5, 5.41) is -0.0553. The Morgan fingerprint density at radius 1 is 0.929 bits per heavy atom. The first-order valence-corrected chi connectivity index (χ1v) is 23.4. The smallest absolute Gasteiger partial charge is 0.258 e. The van der Waals surface area contributed by atoms with Crippen molar-refractivity contribution in [2.45, 2.75) is 122 Å². The van der Waals surface area contributed by atoms with E-state index < -0.39 is 33.7 Å². The summed E-state index contributed by atoms with van der Waals surface area (Å²) >= 11 is 0. The van der Waals surface area contributed by atoms with Gasteiger partial charge in [0.15, 0.2) is 16.6 Å². The molecule has 0 saturated heterocycles. The maximum atomic E-state index is 6.99. The number of rotatable bonds is 13. The Hall–Kier alpha value is 0.328. The molecule has 3 nitrogen and oxygen atoms in total. The minimum Gasteiger partial charge on any atom is -0.547 e. The second-order valence-electron chi connectivity index (χ2n) is 10.9. The Labute approximate surface area is 181 Å². The van der Waals surface area contributed by atoms with Crippen LogP contribution >= 0.6 is 0 Å². The molecular formula is C21H50O3Si4. The summed E-state index contributed by atoms with van der Waals surface area (Å²) in [7, 11) is -6.57. The Morgan fingerprint density at radius 2 is 1.39 bits per heavy atom. The molecule has 0 bridgehead atoms. The molecule has 0 aromatic rings. The Balaban J connectivity index is 5.61. The summed E-state index contributed by atoms with van der Waals surface area (Å²) in [6.07, 6.45) is 3.14. The lowest BCUT2D eigenvalue weighted by Crippen LogP contribution is -2.54. The summed E-state index contributed by atoms with van der Waals surface area (Å²) < 4.78 is 19.9. The highest BCUT2D eigenvalue weighted by molar-refractivity contribution is 6.80. The van der Waals surface area contributed by atoms with Crippen LogP contribution in [0.4, 0.5) is 0 Å². The van der Waals surface area contributed by atoms with Crippen molar-refractivity contribution < 1.29 is 13.3 Å². The van der Waals surface area contributed by atoms with Gasteiger partial charge in [-0.3, -0.25) is 0 Å². The van der Waals surface area contributed by atoms with Gasteiger partial charge in [0.1, 0.15) is 0 Å². The molecule has 0 saturated carbocycles. The van der Waals surface area contributed by atoms with E-state index in [0.717, 1.165) is 25.0 Å². The SMILES string of the molecule is C=C(O[SiH](C)C(C)O[Si](C)(C)C)C(CC)(CC)[Si](C)(C)OC(CC)[Si](C)(C)C. The molecule has 28 heavy (non-hydrogen) atoms. The normalized spacial score (nSPS) is 17.2. The summed E-state index contributed by atoms with van der Waals surface area (Å²) in [5.41, 5.74) is 0.592. The Kier molecular flexibility index (Phi) is 10.7. The van der Waals surface area contributed by atoms with E-state index in [9.17, 15) is 0 Å². The van der Waals surface area contributed by atoms with Crippen molar-refractivity contribution in [2.24, 2.45) is 0 Å². The molecular weight excluding hydrogens is 413 g/mol. The first kappa shape index (κ1) is 28.3. The maximum absolute atomic E-state index is 6.99. The third-order valence-electron chi connectivity index (χ3n) is 6.20. The molecule has 0 aliphatic rings. The molecule has 0 aromatic carbocycles. The van der Waals surface area contributed by atoms with Crippen molar-refractivity contribution in [3.8, 4) is 0 Å². The molecule has 0 spiro atoms. The van der Waals surface area contributed by atoms with Gasteiger partial charge in [-0.15, -0.1) is 0 Å². The molecule has 0 amide bonds. The standard InChI is InChI=1S/C21H50O3Si4/c1-15-20(26(7,8)9)24-28(13,14)21(16-2,17-3)18(4)22-25(6)19(5)23-27(10,11)12/h19-20,25H,4,15-17H2,1-3,5-14H3. The van der Waals surface area contributed by atoms with E-state index in [1.165, 1.54) is 0 Å². The van der Waals surface area contributed by atoms with Gasteiger partial charge < -0.3 is 13.3 Å². The number of hydrogen-bond acceptors (Lipinski definition) is 3. The lowest BCUT2D eigenvalue weighted by atomic mass is 10.0. The van der Waals surface area contributed by atoms with Crippen LogP contribution in [-0.4, -0.2) is 45.2 Å². The summed E-state index contributed by atoms with van der Waals surface area (Å²) in [5.74, 6) is 0.963. The molecule has 0 fully saturated rings. The molecule has 168 valence electrons. The Bertz CT molecular complexity index is 491. The van der Waals surface area contributed by atoms with Gasteiger partial charge in [0.05, 0.1) is 19.6 Å². The van der Waals surface area contributed by atoms with Crippen LogP contribution in [0.5, 0.6) is 0 Å². The third-order valence-corrected chi connectivity index (χ3v) is 16.5. The fourth-order valence-electron chi connectivity index (χ4n) is 4.26. The van der Waals surface area contributed by atoms with Gasteiger partial charge in [-0.05, 0) is 65.5 Å². The largest absolute Gasteiger partial charge is 0.547 e. The van der Waals surface area contributed by atoms with Crippen LogP contribution in [0.2, 0.25) is 64.0 Å². The van der Waals surface area contributed by atoms with Crippen LogP contribution in [0.15, 0.2) is 12.3 Å². The molecule has 3 atom stereocenters. The van der Waals surface area contributed by atoms with E-state index in [4.69, 9.17) is 13.3 Å². The summed E-state index contributed by atoms with van der Waals surface area (Å²) in [4.78, 5) is 0. The molecule has 0 heterocycles. The van der Waals surface area contributed by atoms with Gasteiger partial charge >= 0.3 is 0 Å². The van der Waals surface area contributed by atoms with E-state index >= 15 is 0 Å². The molecule has 7 heteroatoms. The predicted molar refractivity (Wildman–Crippen MR) is 136 cm³/mol. The molecule has 0 aliphatic heterocycles. The first-order chi connectivity index (χ1) is 12.5. The zero-order valence-corrected chi connectivity index (χ0v) is 25.4. The fourth-order valence-corrected chi connectivity index (χ4v) is 15.4. The van der Waals surface area contributed by atoms with Gasteiger partial charge in [0.25, 0.3) is 9.04 Å². The quantitative estimate of drug-likeness (QED) is 0.216.